The predicted molar refractivity (Wildman–Crippen MR) is 74.6 cm³/mol. The van der Waals surface area contributed by atoms with Crippen LogP contribution in [0.4, 0.5) is 0 Å². The standard InChI is InChI=1S/C16H17NO/c1-16(2,3)9-5-10-17-11-8-14-13(12-18)6-4-7-15(14)17/h4,6-8,11-12H,10H2,1-3H3. The molecule has 2 aromatic rings. The van der Waals surface area contributed by atoms with Gasteiger partial charge in [0.1, 0.15) is 0 Å². The highest BCUT2D eigenvalue weighted by Crippen LogP contribution is 2.19. The van der Waals surface area contributed by atoms with E-state index in [4.69, 9.17) is 0 Å². The van der Waals surface area contributed by atoms with Gasteiger partial charge in [0.2, 0.25) is 0 Å². The number of carbonyl (C=O) groups is 1. The highest BCUT2D eigenvalue weighted by molar-refractivity contribution is 5.97. The van der Waals surface area contributed by atoms with Crippen LogP contribution in [-0.4, -0.2) is 10.9 Å². The number of hydrogen-bond acceptors (Lipinski definition) is 1. The second-order valence-electron chi connectivity index (χ2n) is 5.39. The molecule has 1 aromatic carbocycles. The summed E-state index contributed by atoms with van der Waals surface area (Å²) in [5, 5.41) is 0.991. The minimum Gasteiger partial charge on any atom is -0.336 e. The van der Waals surface area contributed by atoms with Crippen LogP contribution in [0.2, 0.25) is 0 Å². The van der Waals surface area contributed by atoms with Crippen molar-refractivity contribution in [3.05, 3.63) is 36.0 Å². The minimum absolute atomic E-state index is 0.0247. The number of fused-ring (bicyclic) bond motifs is 1. The molecule has 1 aromatic heterocycles. The lowest BCUT2D eigenvalue weighted by atomic mass is 9.98. The lowest BCUT2D eigenvalue weighted by Crippen LogP contribution is -2.01. The molecule has 0 aliphatic rings. The second-order valence-corrected chi connectivity index (χ2v) is 5.39. The Bertz CT molecular complexity index is 632. The van der Waals surface area contributed by atoms with E-state index in [9.17, 15) is 4.79 Å². The molecule has 1 heterocycles. The van der Waals surface area contributed by atoms with Crippen LogP contribution in [0.25, 0.3) is 10.9 Å². The molecular weight excluding hydrogens is 222 g/mol. The number of hydrogen-bond donors (Lipinski definition) is 0. The Hall–Kier alpha value is -2.01. The maximum Gasteiger partial charge on any atom is 0.150 e. The van der Waals surface area contributed by atoms with E-state index in [2.05, 4.69) is 37.2 Å². The van der Waals surface area contributed by atoms with Crippen molar-refractivity contribution in [2.45, 2.75) is 27.3 Å². The number of carbonyl (C=O) groups excluding carboxylic acids is 1. The Kier molecular flexibility index (Phi) is 3.25. The normalized spacial score (nSPS) is 11.1. The smallest absolute Gasteiger partial charge is 0.150 e. The molecule has 2 heteroatoms. The number of benzene rings is 1. The van der Waals surface area contributed by atoms with Crippen molar-refractivity contribution in [3.63, 3.8) is 0 Å². The third-order valence-electron chi connectivity index (χ3n) is 2.69. The molecule has 0 saturated carbocycles. The van der Waals surface area contributed by atoms with Crippen LogP contribution in [0.5, 0.6) is 0 Å². The van der Waals surface area contributed by atoms with Crippen LogP contribution in [0.3, 0.4) is 0 Å². The predicted octanol–water partition coefficient (Wildman–Crippen LogP) is 3.50. The zero-order valence-electron chi connectivity index (χ0n) is 11.0. The van der Waals surface area contributed by atoms with E-state index in [1.54, 1.807) is 0 Å². The quantitative estimate of drug-likeness (QED) is 0.580. The van der Waals surface area contributed by atoms with Gasteiger partial charge in [0, 0.05) is 28.1 Å². The lowest BCUT2D eigenvalue weighted by molar-refractivity contribution is 0.112. The van der Waals surface area contributed by atoms with Crippen molar-refractivity contribution in [1.29, 1.82) is 0 Å². The molecule has 0 N–H and O–H groups in total. The molecule has 0 radical (unpaired) electrons. The van der Waals surface area contributed by atoms with E-state index in [0.717, 1.165) is 22.8 Å². The summed E-state index contributed by atoms with van der Waals surface area (Å²) in [6.07, 6.45) is 2.88. The number of aldehydes is 1. The van der Waals surface area contributed by atoms with E-state index in [1.807, 2.05) is 30.5 Å². The Morgan fingerprint density at radius 1 is 1.28 bits per heavy atom. The van der Waals surface area contributed by atoms with Gasteiger partial charge in [0.15, 0.2) is 6.29 Å². The fourth-order valence-electron chi connectivity index (χ4n) is 1.88. The highest BCUT2D eigenvalue weighted by atomic mass is 16.1. The van der Waals surface area contributed by atoms with Crippen molar-refractivity contribution >= 4 is 17.2 Å². The van der Waals surface area contributed by atoms with Crippen molar-refractivity contribution in [1.82, 2.24) is 4.57 Å². The maximum absolute atomic E-state index is 10.9. The zero-order chi connectivity index (χ0) is 13.2. The molecule has 18 heavy (non-hydrogen) atoms. The molecule has 2 nitrogen and oxygen atoms in total. The summed E-state index contributed by atoms with van der Waals surface area (Å²) in [6.45, 7) is 6.94. The van der Waals surface area contributed by atoms with E-state index in [1.165, 1.54) is 0 Å². The molecule has 0 atom stereocenters. The Morgan fingerprint density at radius 2 is 2.06 bits per heavy atom. The number of nitrogens with zero attached hydrogens (tertiary/aromatic N) is 1. The first-order valence-corrected chi connectivity index (χ1v) is 6.04. The number of rotatable bonds is 2. The van der Waals surface area contributed by atoms with Gasteiger partial charge in [-0.05, 0) is 32.9 Å². The number of aromatic nitrogens is 1. The Morgan fingerprint density at radius 3 is 2.72 bits per heavy atom. The first-order valence-electron chi connectivity index (χ1n) is 6.04. The van der Waals surface area contributed by atoms with E-state index in [0.29, 0.717) is 6.54 Å². The summed E-state index contributed by atoms with van der Waals surface area (Å²) in [5.41, 5.74) is 1.81. The third kappa shape index (κ3) is 2.62. The van der Waals surface area contributed by atoms with Gasteiger partial charge in [-0.25, -0.2) is 0 Å². The molecule has 92 valence electrons. The summed E-state index contributed by atoms with van der Waals surface area (Å²) in [4.78, 5) is 10.9. The molecule has 0 saturated heterocycles. The topological polar surface area (TPSA) is 22.0 Å². The van der Waals surface area contributed by atoms with Crippen LogP contribution >= 0.6 is 0 Å². The van der Waals surface area contributed by atoms with Gasteiger partial charge in [-0.2, -0.15) is 0 Å². The van der Waals surface area contributed by atoms with Crippen molar-refractivity contribution < 1.29 is 4.79 Å². The first kappa shape index (κ1) is 12.4. The average molecular weight is 239 g/mol. The molecule has 0 amide bonds. The van der Waals surface area contributed by atoms with Gasteiger partial charge in [-0.15, -0.1) is 0 Å². The first-order chi connectivity index (χ1) is 8.51. The van der Waals surface area contributed by atoms with Gasteiger partial charge in [-0.3, -0.25) is 4.79 Å². The molecule has 0 unspecified atom stereocenters. The average Bonchev–Trinajstić information content (AvgIpc) is 2.71. The van der Waals surface area contributed by atoms with Crippen LogP contribution in [0.1, 0.15) is 31.1 Å². The monoisotopic (exact) mass is 239 g/mol. The summed E-state index contributed by atoms with van der Waals surface area (Å²) < 4.78 is 2.07. The minimum atomic E-state index is 0.0247. The summed E-state index contributed by atoms with van der Waals surface area (Å²) in [5.74, 6) is 6.40. The van der Waals surface area contributed by atoms with E-state index >= 15 is 0 Å². The van der Waals surface area contributed by atoms with Crippen molar-refractivity contribution in [2.75, 3.05) is 0 Å². The van der Waals surface area contributed by atoms with E-state index in [-0.39, 0.29) is 5.41 Å². The fraction of sp³-hybridized carbons (Fsp3) is 0.312. The van der Waals surface area contributed by atoms with Crippen LogP contribution < -0.4 is 0 Å². The summed E-state index contributed by atoms with van der Waals surface area (Å²) in [7, 11) is 0. The SMILES string of the molecule is CC(C)(C)C#CCn1ccc2c(C=O)cccc21. The molecular formula is C16H17NO. The Labute approximate surface area is 108 Å². The zero-order valence-corrected chi connectivity index (χ0v) is 11.0. The summed E-state index contributed by atoms with van der Waals surface area (Å²) in [6, 6.07) is 7.72. The molecule has 2 rings (SSSR count). The van der Waals surface area contributed by atoms with Crippen molar-refractivity contribution in [3.8, 4) is 11.8 Å². The van der Waals surface area contributed by atoms with Crippen LogP contribution in [-0.2, 0) is 6.54 Å². The molecule has 0 aliphatic carbocycles. The largest absolute Gasteiger partial charge is 0.336 e. The maximum atomic E-state index is 10.9. The van der Waals surface area contributed by atoms with Gasteiger partial charge in [-0.1, -0.05) is 24.0 Å². The van der Waals surface area contributed by atoms with Gasteiger partial charge in [0.05, 0.1) is 6.54 Å². The molecule has 0 aliphatic heterocycles. The van der Waals surface area contributed by atoms with Gasteiger partial charge < -0.3 is 4.57 Å². The molecule has 0 fully saturated rings. The molecule has 0 bridgehead atoms. The fourth-order valence-corrected chi connectivity index (χ4v) is 1.88. The lowest BCUT2D eigenvalue weighted by Gasteiger charge is -2.07. The van der Waals surface area contributed by atoms with E-state index < -0.39 is 0 Å². The van der Waals surface area contributed by atoms with Crippen LogP contribution in [0.15, 0.2) is 30.5 Å². The summed E-state index contributed by atoms with van der Waals surface area (Å²) >= 11 is 0. The highest BCUT2D eigenvalue weighted by Gasteiger charge is 2.05. The second kappa shape index (κ2) is 4.70. The van der Waals surface area contributed by atoms with Crippen molar-refractivity contribution in [2.24, 2.45) is 5.41 Å². The third-order valence-corrected chi connectivity index (χ3v) is 2.69. The van der Waals surface area contributed by atoms with Gasteiger partial charge >= 0.3 is 0 Å². The Balaban J connectivity index is 2.35. The van der Waals surface area contributed by atoms with Crippen LogP contribution in [0, 0.1) is 17.3 Å². The van der Waals surface area contributed by atoms with Gasteiger partial charge in [0.25, 0.3) is 0 Å². The molecule has 0 spiro atoms.